The van der Waals surface area contributed by atoms with Gasteiger partial charge in [0.1, 0.15) is 73.7 Å². The van der Waals surface area contributed by atoms with E-state index in [4.69, 9.17) is 34.8 Å². The molecule has 12 rings (SSSR count). The maximum absolute atomic E-state index is 15.4. The number of hydrogen-bond donors (Lipinski definition) is 6. The number of nitrogens with zero attached hydrogens (tertiary/aromatic N) is 3. The molecule has 110 heavy (non-hydrogen) atoms. The van der Waals surface area contributed by atoms with Crippen molar-refractivity contribution in [2.45, 2.75) is 58.2 Å². The average Bonchev–Trinajstić information content (AvgIpc) is 1.16. The van der Waals surface area contributed by atoms with Gasteiger partial charge in [0.25, 0.3) is 0 Å². The van der Waals surface area contributed by atoms with Crippen LogP contribution in [0.3, 0.4) is 0 Å². The number of hydrogen-bond acceptors (Lipinski definition) is 9. The number of nitrogens with one attached hydrogen (secondary N) is 6. The molecule has 0 aliphatic carbocycles. The number of benzene rings is 9. The highest BCUT2D eigenvalue weighted by molar-refractivity contribution is 7.71. The lowest BCUT2D eigenvalue weighted by molar-refractivity contribution is -0.119. The Morgan fingerprint density at radius 2 is 0.691 bits per heavy atom. The first-order valence-corrected chi connectivity index (χ1v) is 42.9. The summed E-state index contributed by atoms with van der Waals surface area (Å²) in [7, 11) is -8.85. The van der Waals surface area contributed by atoms with Crippen molar-refractivity contribution >= 4 is 142 Å². The third-order valence-electron chi connectivity index (χ3n) is 18.1. The van der Waals surface area contributed by atoms with E-state index in [1.54, 1.807) is 76.6 Å². The van der Waals surface area contributed by atoms with Crippen LogP contribution in [0.5, 0.6) is 0 Å². The molecule has 9 amide bonds. The Kier molecular flexibility index (Phi) is 25.4. The molecule has 0 bridgehead atoms. The number of carbonyl (C=O) groups is 6. The van der Waals surface area contributed by atoms with E-state index in [0.29, 0.717) is 27.6 Å². The molecule has 3 aliphatic rings. The molecule has 3 fully saturated rings. The maximum Gasteiger partial charge on any atom is 0.319 e. The van der Waals surface area contributed by atoms with Crippen LogP contribution in [-0.4, -0.2) is 114 Å². The van der Waals surface area contributed by atoms with Gasteiger partial charge in [0.05, 0.1) is 54.8 Å². The molecule has 0 radical (unpaired) electrons. The Bertz CT molecular complexity index is 5140. The van der Waals surface area contributed by atoms with Gasteiger partial charge in [0, 0.05) is 41.6 Å². The van der Waals surface area contributed by atoms with Gasteiger partial charge in [-0.1, -0.05) is 114 Å². The highest BCUT2D eigenvalue weighted by Crippen LogP contribution is 2.47. The predicted molar refractivity (Wildman–Crippen MR) is 420 cm³/mol. The monoisotopic (exact) mass is 1630 g/mol. The standard InChI is InChI=1S/2C26H24ClF3N3O3P.C26H25ClF2N3O3P/c2*1-14-7-9-19(18(29)13-14)31-26(35)32-20-11-12-33(25(20)34)21-10-8-15(22(27)23(21)30)16-5-4-6-17(28)24(16)37(2,3)36;1-15-8-10-19(18(28)14-15)30-26(34)31-20-12-13-32(25(20)33)21-11-9-17(24(29)23(21)27)16-6-4-5-7-22(16)36(2,3)35/h2*4-10,13,20H,11-12H2,1-3H3,(H2,31,32,35);4-11,14,20H,12-13H2,1-3H3,(H2,30,31,34)/t3*20-/m111/s1. The van der Waals surface area contributed by atoms with Crippen LogP contribution in [-0.2, 0) is 28.1 Å². The van der Waals surface area contributed by atoms with Gasteiger partial charge in [-0.3, -0.25) is 14.4 Å². The normalized spacial score (nSPS) is 15.7. The van der Waals surface area contributed by atoms with Gasteiger partial charge >= 0.3 is 18.1 Å². The molecule has 0 spiro atoms. The zero-order valence-electron chi connectivity index (χ0n) is 60.4. The molecule has 32 heteroatoms. The van der Waals surface area contributed by atoms with Crippen molar-refractivity contribution in [3.63, 3.8) is 0 Å². The van der Waals surface area contributed by atoms with Crippen LogP contribution >= 0.6 is 56.2 Å². The molecule has 0 unspecified atom stereocenters. The largest absolute Gasteiger partial charge is 0.326 e. The van der Waals surface area contributed by atoms with Crippen molar-refractivity contribution in [3.8, 4) is 33.4 Å². The third-order valence-corrected chi connectivity index (χ3v) is 23.8. The Balaban J connectivity index is 0.000000176. The van der Waals surface area contributed by atoms with E-state index in [2.05, 4.69) is 31.9 Å². The fourth-order valence-corrected chi connectivity index (χ4v) is 17.6. The minimum absolute atomic E-state index is 0.00917. The van der Waals surface area contributed by atoms with Crippen LogP contribution in [0, 0.1) is 67.3 Å². The summed E-state index contributed by atoms with van der Waals surface area (Å²) in [5.41, 5.74) is 3.29. The lowest BCUT2D eigenvalue weighted by atomic mass is 10.0. The van der Waals surface area contributed by atoms with Gasteiger partial charge in [0.15, 0.2) is 17.5 Å². The van der Waals surface area contributed by atoms with Crippen molar-refractivity contribution in [1.82, 2.24) is 16.0 Å². The van der Waals surface area contributed by atoms with E-state index in [1.807, 2.05) is 0 Å². The lowest BCUT2D eigenvalue weighted by Crippen LogP contribution is -2.43. The maximum atomic E-state index is 15.4. The van der Waals surface area contributed by atoms with Crippen LogP contribution in [0.15, 0.2) is 152 Å². The van der Waals surface area contributed by atoms with Crippen LogP contribution < -0.4 is 62.5 Å². The molecule has 0 aromatic heterocycles. The van der Waals surface area contributed by atoms with Gasteiger partial charge < -0.3 is 60.3 Å². The molecule has 3 saturated heterocycles. The summed E-state index contributed by atoms with van der Waals surface area (Å²) in [5.74, 6) is -7.32. The molecule has 6 N–H and O–H groups in total. The Hall–Kier alpha value is -9.80. The zero-order valence-corrected chi connectivity index (χ0v) is 65.4. The van der Waals surface area contributed by atoms with Gasteiger partial charge in [-0.25, -0.2) is 49.5 Å². The smallest absolute Gasteiger partial charge is 0.319 e. The lowest BCUT2D eigenvalue weighted by Gasteiger charge is -2.21. The highest BCUT2D eigenvalue weighted by atomic mass is 35.5. The van der Waals surface area contributed by atoms with Crippen molar-refractivity contribution in [1.29, 1.82) is 0 Å². The SMILES string of the molecule is Cc1ccc(NC(=O)N[C@@H]2CCN(c3ccc(-c4cccc(F)c4P(C)(C)=O)c(Cl)c3F)C2=O)c(F)c1.Cc1ccc(NC(=O)N[C@@H]2CCN(c3ccc(-c4cccc(F)c4P(C)(C)=O)c(Cl)c3F)C2=O)c(F)c1.Cc1ccc(NC(=O)N[C@@H]2CCN(c3ccc(-c4ccccc4P(C)(C)=O)c(F)c3Cl)C2=O)c(F)c1. The molecule has 3 atom stereocenters. The molecule has 9 aromatic rings. The number of aryl methyl sites for hydroxylation is 3. The number of carbonyl (C=O) groups excluding carboxylic acids is 6. The summed E-state index contributed by atoms with van der Waals surface area (Å²) in [6.07, 6.45) is 0.634. The van der Waals surface area contributed by atoms with Gasteiger partial charge in [0.2, 0.25) is 17.7 Å². The van der Waals surface area contributed by atoms with Crippen molar-refractivity contribution in [2.75, 3.05) is 90.3 Å². The van der Waals surface area contributed by atoms with E-state index in [-0.39, 0.29) is 127 Å². The Labute approximate surface area is 643 Å². The van der Waals surface area contributed by atoms with E-state index < -0.39 is 122 Å². The molecular formula is C78H73Cl3F8N9O9P3. The number of urea groups is 3. The minimum atomic E-state index is -3.08. The van der Waals surface area contributed by atoms with Crippen LogP contribution in [0.1, 0.15) is 36.0 Å². The highest BCUT2D eigenvalue weighted by Gasteiger charge is 2.40. The van der Waals surface area contributed by atoms with Crippen molar-refractivity contribution in [2.24, 2.45) is 0 Å². The van der Waals surface area contributed by atoms with Gasteiger partial charge in [-0.15, -0.1) is 0 Å². The van der Waals surface area contributed by atoms with E-state index in [0.717, 1.165) is 9.80 Å². The Morgan fingerprint density at radius 3 is 1.04 bits per heavy atom. The molecule has 18 nitrogen and oxygen atoms in total. The minimum Gasteiger partial charge on any atom is -0.326 e. The van der Waals surface area contributed by atoms with Crippen LogP contribution in [0.4, 0.5) is 83.6 Å². The second-order valence-electron chi connectivity index (χ2n) is 27.4. The fourth-order valence-electron chi connectivity index (χ4n) is 12.9. The van der Waals surface area contributed by atoms with Gasteiger partial charge in [-0.2, -0.15) is 0 Å². The number of amides is 9. The quantitative estimate of drug-likeness (QED) is 0.0422. The number of halogens is 11. The molecule has 3 aliphatic heterocycles. The molecule has 9 aromatic carbocycles. The van der Waals surface area contributed by atoms with E-state index in [9.17, 15) is 64.4 Å². The van der Waals surface area contributed by atoms with Crippen LogP contribution in [0.25, 0.3) is 33.4 Å². The summed E-state index contributed by atoms with van der Waals surface area (Å²) in [4.78, 5) is 79.6. The first kappa shape index (κ1) is 82.7. The first-order valence-electron chi connectivity index (χ1n) is 34.0. The number of rotatable bonds is 15. The van der Waals surface area contributed by atoms with E-state index in [1.165, 1.54) is 141 Å². The van der Waals surface area contributed by atoms with Crippen molar-refractivity contribution in [3.05, 3.63) is 230 Å². The van der Waals surface area contributed by atoms with Crippen LogP contribution in [0.2, 0.25) is 15.1 Å². The second kappa shape index (κ2) is 33.8. The van der Waals surface area contributed by atoms with Gasteiger partial charge in [-0.05, 0) is 186 Å². The first-order chi connectivity index (χ1) is 51.7. The second-order valence-corrected chi connectivity index (χ2v) is 38.0. The Morgan fingerprint density at radius 1 is 0.364 bits per heavy atom. The summed E-state index contributed by atoms with van der Waals surface area (Å²) < 4.78 is 156. The summed E-state index contributed by atoms with van der Waals surface area (Å²) in [6, 6.07) is 31.5. The van der Waals surface area contributed by atoms with E-state index >= 15 is 13.2 Å². The third kappa shape index (κ3) is 18.5. The summed E-state index contributed by atoms with van der Waals surface area (Å²) in [6.45, 7) is 14.4. The fraction of sp³-hybridized carbons (Fsp3) is 0.231. The average molecular weight is 1630 g/mol. The topological polar surface area (TPSA) is 236 Å². The molecule has 3 heterocycles. The molecular weight excluding hydrogens is 1560 g/mol. The molecule has 0 saturated carbocycles. The predicted octanol–water partition coefficient (Wildman–Crippen LogP) is 17.6. The zero-order chi connectivity index (χ0) is 80.3. The molecule has 576 valence electrons. The van der Waals surface area contributed by atoms with Crippen molar-refractivity contribution < 1.29 is 77.6 Å². The number of anilines is 6. The summed E-state index contributed by atoms with van der Waals surface area (Å²) >= 11 is 19.0. The summed E-state index contributed by atoms with van der Waals surface area (Å²) in [5, 5.41) is 14.1.